The molecule has 0 spiro atoms. The summed E-state index contributed by atoms with van der Waals surface area (Å²) in [5, 5.41) is 11.7. The van der Waals surface area contributed by atoms with Crippen molar-refractivity contribution in [2.24, 2.45) is 0 Å². The molecule has 1 amide bonds. The van der Waals surface area contributed by atoms with E-state index in [4.69, 9.17) is 4.74 Å². The van der Waals surface area contributed by atoms with Crippen LogP contribution >= 0.6 is 0 Å². The van der Waals surface area contributed by atoms with Crippen LogP contribution in [0.5, 0.6) is 5.75 Å². The zero-order chi connectivity index (χ0) is 15.9. The minimum Gasteiger partial charge on any atom is -0.497 e. The fourth-order valence-electron chi connectivity index (χ4n) is 1.95. The molecule has 2 N–H and O–H groups in total. The molecule has 0 bridgehead atoms. The lowest BCUT2D eigenvalue weighted by atomic mass is 9.96. The third-order valence-electron chi connectivity index (χ3n) is 3.14. The average molecular weight is 291 g/mol. The van der Waals surface area contributed by atoms with Gasteiger partial charge >= 0.3 is 5.97 Å². The van der Waals surface area contributed by atoms with Gasteiger partial charge in [0, 0.05) is 6.08 Å². The molecule has 0 aliphatic carbocycles. The maximum absolute atomic E-state index is 11.9. The first-order valence-electron chi connectivity index (χ1n) is 6.79. The average Bonchev–Trinajstić information content (AvgIpc) is 2.45. The summed E-state index contributed by atoms with van der Waals surface area (Å²) >= 11 is 0. The van der Waals surface area contributed by atoms with Gasteiger partial charge in [-0.15, -0.1) is 0 Å². The normalized spacial score (nSPS) is 13.7. The molecule has 5 nitrogen and oxygen atoms in total. The second-order valence-electron chi connectivity index (χ2n) is 4.99. The van der Waals surface area contributed by atoms with Gasteiger partial charge < -0.3 is 15.2 Å². The Morgan fingerprint density at radius 1 is 1.43 bits per heavy atom. The van der Waals surface area contributed by atoms with Crippen LogP contribution < -0.4 is 10.1 Å². The Hall–Kier alpha value is -2.30. The van der Waals surface area contributed by atoms with E-state index in [-0.39, 0.29) is 0 Å². The number of hydrogen-bond donors (Lipinski definition) is 2. The van der Waals surface area contributed by atoms with Gasteiger partial charge in [0.05, 0.1) is 7.11 Å². The van der Waals surface area contributed by atoms with E-state index < -0.39 is 17.4 Å². The molecule has 5 heteroatoms. The second kappa shape index (κ2) is 7.47. The van der Waals surface area contributed by atoms with E-state index in [0.29, 0.717) is 18.6 Å². The van der Waals surface area contributed by atoms with E-state index in [1.165, 1.54) is 13.0 Å². The number of carbonyl (C=O) groups is 2. The largest absolute Gasteiger partial charge is 0.497 e. The van der Waals surface area contributed by atoms with Crippen LogP contribution in [0.25, 0.3) is 6.08 Å². The van der Waals surface area contributed by atoms with Crippen LogP contribution in [0.1, 0.15) is 32.3 Å². The van der Waals surface area contributed by atoms with Gasteiger partial charge in [0.1, 0.15) is 11.3 Å². The van der Waals surface area contributed by atoms with Gasteiger partial charge in [0.25, 0.3) is 0 Å². The molecule has 0 radical (unpaired) electrons. The monoisotopic (exact) mass is 291 g/mol. The topological polar surface area (TPSA) is 75.6 Å². The number of benzene rings is 1. The summed E-state index contributed by atoms with van der Waals surface area (Å²) < 4.78 is 5.09. The number of hydrogen-bond acceptors (Lipinski definition) is 3. The smallest absolute Gasteiger partial charge is 0.329 e. The minimum absolute atomic E-state index is 0.376. The lowest BCUT2D eigenvalue weighted by molar-refractivity contribution is -0.146. The zero-order valence-corrected chi connectivity index (χ0v) is 12.6. The fraction of sp³-hybridized carbons (Fsp3) is 0.375. The molecule has 0 saturated carbocycles. The standard InChI is InChI=1S/C16H21NO4/c1-4-10-16(2,15(19)20)17-14(18)9-8-12-6-5-7-13(11-12)21-3/h5-9,11H,4,10H2,1-3H3,(H,17,18)(H,19,20)/b9-8+. The molecule has 1 aromatic carbocycles. The number of rotatable bonds is 7. The molecule has 1 unspecified atom stereocenters. The van der Waals surface area contributed by atoms with Crippen molar-refractivity contribution in [2.45, 2.75) is 32.2 Å². The highest BCUT2D eigenvalue weighted by molar-refractivity contribution is 5.95. The van der Waals surface area contributed by atoms with Gasteiger partial charge in [-0.25, -0.2) is 4.79 Å². The maximum atomic E-state index is 11.9. The highest BCUT2D eigenvalue weighted by atomic mass is 16.5. The van der Waals surface area contributed by atoms with Crippen LogP contribution in [0, 0.1) is 0 Å². The number of ether oxygens (including phenoxy) is 1. The lowest BCUT2D eigenvalue weighted by Gasteiger charge is -2.24. The fourth-order valence-corrected chi connectivity index (χ4v) is 1.95. The third-order valence-corrected chi connectivity index (χ3v) is 3.14. The van der Waals surface area contributed by atoms with Crippen LogP contribution in [0.2, 0.25) is 0 Å². The highest BCUT2D eigenvalue weighted by Crippen LogP contribution is 2.15. The Morgan fingerprint density at radius 2 is 2.14 bits per heavy atom. The Kier molecular flexibility index (Phi) is 5.96. The lowest BCUT2D eigenvalue weighted by Crippen LogP contribution is -2.51. The molecule has 114 valence electrons. The van der Waals surface area contributed by atoms with Gasteiger partial charge in [0.15, 0.2) is 0 Å². The van der Waals surface area contributed by atoms with Crippen molar-refractivity contribution in [3.8, 4) is 5.75 Å². The maximum Gasteiger partial charge on any atom is 0.329 e. The summed E-state index contributed by atoms with van der Waals surface area (Å²) in [6.45, 7) is 3.38. The van der Waals surface area contributed by atoms with Crippen molar-refractivity contribution >= 4 is 18.0 Å². The van der Waals surface area contributed by atoms with Gasteiger partial charge in [0.2, 0.25) is 5.91 Å². The zero-order valence-electron chi connectivity index (χ0n) is 12.6. The number of methoxy groups -OCH3 is 1. The third kappa shape index (κ3) is 4.95. The molecule has 0 saturated heterocycles. The van der Waals surface area contributed by atoms with Gasteiger partial charge in [-0.05, 0) is 37.1 Å². The van der Waals surface area contributed by atoms with Crippen molar-refractivity contribution in [1.82, 2.24) is 5.32 Å². The molecule has 0 aliphatic rings. The van der Waals surface area contributed by atoms with Crippen molar-refractivity contribution < 1.29 is 19.4 Å². The van der Waals surface area contributed by atoms with E-state index in [9.17, 15) is 14.7 Å². The van der Waals surface area contributed by atoms with Crippen LogP contribution in [0.4, 0.5) is 0 Å². The Labute approximate surface area is 124 Å². The van der Waals surface area contributed by atoms with Crippen molar-refractivity contribution in [3.63, 3.8) is 0 Å². The Bertz CT molecular complexity index is 539. The number of aliphatic carboxylic acids is 1. The summed E-state index contributed by atoms with van der Waals surface area (Å²) in [7, 11) is 1.57. The Morgan fingerprint density at radius 3 is 2.71 bits per heavy atom. The number of carboxylic acids is 1. The number of nitrogens with one attached hydrogen (secondary N) is 1. The number of carbonyl (C=O) groups excluding carboxylic acids is 1. The minimum atomic E-state index is -1.25. The molecule has 21 heavy (non-hydrogen) atoms. The summed E-state index contributed by atoms with van der Waals surface area (Å²) in [5.74, 6) is -0.775. The van der Waals surface area contributed by atoms with Gasteiger partial charge in [-0.1, -0.05) is 25.5 Å². The van der Waals surface area contributed by atoms with Crippen molar-refractivity contribution in [1.29, 1.82) is 0 Å². The van der Waals surface area contributed by atoms with Gasteiger partial charge in [-0.2, -0.15) is 0 Å². The van der Waals surface area contributed by atoms with E-state index in [0.717, 1.165) is 5.56 Å². The Balaban J connectivity index is 2.75. The molecule has 1 aromatic rings. The van der Waals surface area contributed by atoms with Crippen LogP contribution in [-0.4, -0.2) is 29.6 Å². The predicted octanol–water partition coefficient (Wildman–Crippen LogP) is 2.47. The SMILES string of the molecule is CCCC(C)(NC(=O)/C=C/c1cccc(OC)c1)C(=O)O. The predicted molar refractivity (Wildman–Crippen MR) is 81.1 cm³/mol. The first kappa shape index (κ1) is 16.8. The molecular weight excluding hydrogens is 270 g/mol. The summed E-state index contributed by atoms with van der Waals surface area (Å²) in [4.78, 5) is 23.1. The second-order valence-corrected chi connectivity index (χ2v) is 4.99. The summed E-state index contributed by atoms with van der Waals surface area (Å²) in [5.41, 5.74) is -0.443. The first-order valence-corrected chi connectivity index (χ1v) is 6.79. The molecule has 0 aromatic heterocycles. The van der Waals surface area contributed by atoms with E-state index >= 15 is 0 Å². The number of carboxylic acid groups (broad SMARTS) is 1. The number of amides is 1. The highest BCUT2D eigenvalue weighted by Gasteiger charge is 2.33. The summed E-state index contributed by atoms with van der Waals surface area (Å²) in [6, 6.07) is 7.23. The van der Waals surface area contributed by atoms with Crippen LogP contribution in [0.3, 0.4) is 0 Å². The molecule has 1 rings (SSSR count). The molecule has 0 aliphatic heterocycles. The summed E-state index contributed by atoms with van der Waals surface area (Å²) in [6.07, 6.45) is 3.99. The van der Waals surface area contributed by atoms with E-state index in [1.54, 1.807) is 25.3 Å². The van der Waals surface area contributed by atoms with Crippen molar-refractivity contribution in [3.05, 3.63) is 35.9 Å². The van der Waals surface area contributed by atoms with Crippen LogP contribution in [-0.2, 0) is 9.59 Å². The van der Waals surface area contributed by atoms with E-state index in [2.05, 4.69) is 5.32 Å². The quantitative estimate of drug-likeness (QED) is 0.757. The molecule has 0 heterocycles. The van der Waals surface area contributed by atoms with Crippen molar-refractivity contribution in [2.75, 3.05) is 7.11 Å². The molecule has 1 atom stereocenters. The van der Waals surface area contributed by atoms with Gasteiger partial charge in [-0.3, -0.25) is 4.79 Å². The molecule has 0 fully saturated rings. The first-order chi connectivity index (χ1) is 9.91. The molecular formula is C16H21NO4. The van der Waals surface area contributed by atoms with Crippen LogP contribution in [0.15, 0.2) is 30.3 Å². The van der Waals surface area contributed by atoms with E-state index in [1.807, 2.05) is 19.1 Å².